The number of carbonyl (C=O) groups excluding carboxylic acids is 4. The van der Waals surface area contributed by atoms with Gasteiger partial charge in [0.15, 0.2) is 0 Å². The number of anilines is 1. The molecular formula is C35H48FN9O5S. The lowest BCUT2D eigenvalue weighted by Gasteiger charge is -2.42. The van der Waals surface area contributed by atoms with Crippen molar-refractivity contribution in [3.05, 3.63) is 58.6 Å². The summed E-state index contributed by atoms with van der Waals surface area (Å²) in [6.07, 6.45) is 6.91. The quantitative estimate of drug-likeness (QED) is 0.171. The molecule has 0 spiro atoms. The number of aliphatic hydroxyl groups excluding tert-OH is 1. The number of aldehydes is 1. The molecule has 2 aromatic heterocycles. The van der Waals surface area contributed by atoms with Crippen LogP contribution < -0.4 is 16.0 Å². The first-order valence-electron chi connectivity index (χ1n) is 17.6. The molecule has 2 fully saturated rings. The normalized spacial score (nSPS) is 20.9. The minimum absolute atomic E-state index is 0.0524. The average Bonchev–Trinajstić information content (AvgIpc) is 3.85. The molecule has 3 amide bonds. The Labute approximate surface area is 301 Å². The number of hydrogen-bond acceptors (Lipinski definition) is 11. The van der Waals surface area contributed by atoms with Crippen LogP contribution in [0.25, 0.3) is 0 Å². The molecular weight excluding hydrogens is 678 g/mol. The maximum Gasteiger partial charge on any atom is 0.270 e. The van der Waals surface area contributed by atoms with Crippen LogP contribution in [0, 0.1) is 17.7 Å². The highest BCUT2D eigenvalue weighted by atomic mass is 32.1. The van der Waals surface area contributed by atoms with Crippen molar-refractivity contribution in [3.63, 3.8) is 0 Å². The number of nitrogens with zero attached hydrogens (tertiary/aromatic N) is 6. The van der Waals surface area contributed by atoms with Crippen LogP contribution in [0.1, 0.15) is 78.1 Å². The van der Waals surface area contributed by atoms with E-state index in [1.807, 2.05) is 6.92 Å². The number of amides is 3. The summed E-state index contributed by atoms with van der Waals surface area (Å²) < 4.78 is 21.2. The van der Waals surface area contributed by atoms with Gasteiger partial charge in [-0.25, -0.2) is 4.39 Å². The third kappa shape index (κ3) is 9.22. The van der Waals surface area contributed by atoms with Crippen molar-refractivity contribution in [2.75, 3.05) is 51.2 Å². The predicted octanol–water partition coefficient (Wildman–Crippen LogP) is 2.54. The van der Waals surface area contributed by atoms with E-state index in [4.69, 9.17) is 0 Å². The smallest absolute Gasteiger partial charge is 0.270 e. The first-order valence-corrected chi connectivity index (χ1v) is 18.4. The lowest BCUT2D eigenvalue weighted by molar-refractivity contribution is -0.119. The Morgan fingerprint density at radius 2 is 1.82 bits per heavy atom. The molecule has 0 bridgehead atoms. The van der Waals surface area contributed by atoms with E-state index in [2.05, 4.69) is 47.4 Å². The molecule has 1 saturated carbocycles. The van der Waals surface area contributed by atoms with Crippen LogP contribution in [0.4, 0.5) is 10.1 Å². The standard InChI is InChI=1S/C35H48FN9O5S/c1-4-45-29(11-12-38-45)32(48)40-31(25-7-5-23(2)6-8-25)34(50)39-28-10-9-26(19-27(28)36)24(3)35(22-47,41-33(49)30-20-37-42-51-30)21-44-15-13-43(14-16-44)17-18-46/h9-12,19-20,22-25,31,46H,4-8,13-18,21H2,1-3H3,(H,39,50)(H,40,48)(H,41,49)/t23-,24-,25-,31-,35-/m0/s1. The second-order valence-corrected chi connectivity index (χ2v) is 14.5. The van der Waals surface area contributed by atoms with Crippen LogP contribution in [0.2, 0.25) is 0 Å². The molecule has 0 unspecified atom stereocenters. The van der Waals surface area contributed by atoms with Gasteiger partial charge in [-0.15, -0.1) is 5.10 Å². The first-order chi connectivity index (χ1) is 24.6. The van der Waals surface area contributed by atoms with Gasteiger partial charge in [-0.2, -0.15) is 5.10 Å². The second kappa shape index (κ2) is 17.4. The molecule has 276 valence electrons. The summed E-state index contributed by atoms with van der Waals surface area (Å²) in [7, 11) is 0. The molecule has 1 saturated heterocycles. The van der Waals surface area contributed by atoms with Crippen molar-refractivity contribution in [1.29, 1.82) is 0 Å². The van der Waals surface area contributed by atoms with Crippen molar-refractivity contribution in [2.24, 2.45) is 11.8 Å². The number of benzene rings is 1. The zero-order valence-corrected chi connectivity index (χ0v) is 30.2. The van der Waals surface area contributed by atoms with E-state index >= 15 is 4.39 Å². The number of hydrogen-bond donors (Lipinski definition) is 4. The van der Waals surface area contributed by atoms with Gasteiger partial charge < -0.3 is 25.9 Å². The summed E-state index contributed by atoms with van der Waals surface area (Å²) in [5, 5.41) is 25.8. The molecule has 2 aliphatic rings. The van der Waals surface area contributed by atoms with Gasteiger partial charge in [0.05, 0.1) is 18.5 Å². The minimum Gasteiger partial charge on any atom is -0.395 e. The number of aromatic nitrogens is 4. The van der Waals surface area contributed by atoms with Crippen molar-refractivity contribution < 1.29 is 28.7 Å². The number of nitrogens with one attached hydrogen (secondary N) is 3. The summed E-state index contributed by atoms with van der Waals surface area (Å²) in [5.74, 6) is -2.45. The number of aryl methyl sites for hydroxylation is 1. The van der Waals surface area contributed by atoms with Gasteiger partial charge in [0.1, 0.15) is 34.3 Å². The van der Waals surface area contributed by atoms with Crippen molar-refractivity contribution >= 4 is 41.2 Å². The molecule has 3 heterocycles. The lowest BCUT2D eigenvalue weighted by Crippen LogP contribution is -2.62. The van der Waals surface area contributed by atoms with Gasteiger partial charge in [0, 0.05) is 57.9 Å². The Morgan fingerprint density at radius 3 is 2.45 bits per heavy atom. The monoisotopic (exact) mass is 725 g/mol. The van der Waals surface area contributed by atoms with Gasteiger partial charge >= 0.3 is 0 Å². The van der Waals surface area contributed by atoms with Crippen LogP contribution in [-0.4, -0.2) is 116 Å². The highest BCUT2D eigenvalue weighted by Gasteiger charge is 2.42. The largest absolute Gasteiger partial charge is 0.395 e. The third-order valence-corrected chi connectivity index (χ3v) is 11.0. The van der Waals surface area contributed by atoms with Crippen molar-refractivity contribution in [3.8, 4) is 0 Å². The second-order valence-electron chi connectivity index (χ2n) is 13.7. The van der Waals surface area contributed by atoms with Crippen LogP contribution in [0.5, 0.6) is 0 Å². The Hall–Kier alpha value is -4.12. The van der Waals surface area contributed by atoms with Gasteiger partial charge in [0.2, 0.25) is 5.91 Å². The molecule has 0 radical (unpaired) electrons. The Morgan fingerprint density at radius 1 is 1.10 bits per heavy atom. The molecule has 16 heteroatoms. The summed E-state index contributed by atoms with van der Waals surface area (Å²) in [4.78, 5) is 57.9. The molecule has 3 aromatic rings. The van der Waals surface area contributed by atoms with Gasteiger partial charge in [-0.3, -0.25) is 28.9 Å². The average molecular weight is 726 g/mol. The summed E-state index contributed by atoms with van der Waals surface area (Å²) >= 11 is 0.905. The summed E-state index contributed by atoms with van der Waals surface area (Å²) in [6, 6.07) is 5.07. The fourth-order valence-electron chi connectivity index (χ4n) is 7.10. The van der Waals surface area contributed by atoms with E-state index in [9.17, 15) is 24.3 Å². The Balaban J connectivity index is 1.36. The van der Waals surface area contributed by atoms with Gasteiger partial charge in [-0.1, -0.05) is 37.2 Å². The minimum atomic E-state index is -1.45. The zero-order chi connectivity index (χ0) is 36.5. The van der Waals surface area contributed by atoms with Crippen LogP contribution in [-0.2, 0) is 16.1 Å². The molecule has 1 aliphatic heterocycles. The lowest BCUT2D eigenvalue weighted by atomic mass is 9.79. The van der Waals surface area contributed by atoms with Crippen molar-refractivity contribution in [2.45, 2.75) is 70.5 Å². The highest BCUT2D eigenvalue weighted by Crippen LogP contribution is 2.33. The van der Waals surface area contributed by atoms with E-state index in [1.165, 1.54) is 24.5 Å². The molecule has 3 atom stereocenters. The van der Waals surface area contributed by atoms with Gasteiger partial charge in [0.25, 0.3) is 11.8 Å². The number of carbonyl (C=O) groups is 4. The van der Waals surface area contributed by atoms with Crippen LogP contribution in [0.3, 0.4) is 0 Å². The topological polar surface area (TPSA) is 175 Å². The van der Waals surface area contributed by atoms with E-state index in [0.29, 0.717) is 62.7 Å². The van der Waals surface area contributed by atoms with E-state index < -0.39 is 41.0 Å². The number of β-amino-alcohol motifs (C(OH)–C–C–N with tert-alkyl or cyclic N) is 1. The molecule has 5 rings (SSSR count). The molecule has 14 nitrogen and oxygen atoms in total. The summed E-state index contributed by atoms with van der Waals surface area (Å²) in [6.45, 7) is 9.64. The van der Waals surface area contributed by atoms with E-state index in [-0.39, 0.29) is 29.6 Å². The molecule has 1 aliphatic carbocycles. The maximum atomic E-state index is 15.9. The zero-order valence-electron chi connectivity index (χ0n) is 29.4. The van der Waals surface area contributed by atoms with E-state index in [1.54, 1.807) is 23.7 Å². The first kappa shape index (κ1) is 38.1. The fraction of sp³-hybridized carbons (Fsp3) is 0.571. The molecule has 1 aromatic carbocycles. The number of rotatable bonds is 15. The number of halogens is 1. The fourth-order valence-corrected chi connectivity index (χ4v) is 7.51. The predicted molar refractivity (Wildman–Crippen MR) is 190 cm³/mol. The maximum absolute atomic E-state index is 15.9. The molecule has 4 N–H and O–H groups in total. The number of aliphatic hydroxyl groups is 1. The Kier molecular flexibility index (Phi) is 13.0. The Bertz CT molecular complexity index is 1640. The van der Waals surface area contributed by atoms with Crippen LogP contribution >= 0.6 is 11.5 Å². The molecule has 51 heavy (non-hydrogen) atoms. The third-order valence-electron chi connectivity index (χ3n) is 10.4. The van der Waals surface area contributed by atoms with Gasteiger partial charge in [-0.05, 0) is 66.9 Å². The number of piperazine rings is 1. The summed E-state index contributed by atoms with van der Waals surface area (Å²) in [5.41, 5.74) is -0.725. The van der Waals surface area contributed by atoms with Crippen LogP contribution in [0.15, 0.2) is 36.7 Å². The highest BCUT2D eigenvalue weighted by molar-refractivity contribution is 7.07. The van der Waals surface area contributed by atoms with E-state index in [0.717, 1.165) is 37.2 Å². The SMILES string of the molecule is CCn1nccc1C(=O)N[C@H](C(=O)Nc1ccc([C@H](C)[C@@](C=O)(CN2CCN(CCO)CC2)NC(=O)c2cnns2)cc1F)[C@H]1CC[C@H](C)CC1. The van der Waals surface area contributed by atoms with Crippen molar-refractivity contribution in [1.82, 2.24) is 39.8 Å².